The van der Waals surface area contributed by atoms with Crippen molar-refractivity contribution in [3.63, 3.8) is 0 Å². The zero-order valence-corrected chi connectivity index (χ0v) is 8.91. The van der Waals surface area contributed by atoms with Gasteiger partial charge in [0.05, 0.1) is 0 Å². The number of halogens is 1. The molecule has 0 unspecified atom stereocenters. The zero-order chi connectivity index (χ0) is 10.8. The molecule has 0 aromatic heterocycles. The zero-order valence-electron chi connectivity index (χ0n) is 8.16. The van der Waals surface area contributed by atoms with Gasteiger partial charge in [-0.05, 0) is 17.7 Å². The molecule has 0 heterocycles. The third kappa shape index (κ3) is 2.70. The second kappa shape index (κ2) is 3.96. The van der Waals surface area contributed by atoms with Gasteiger partial charge < -0.3 is 0 Å². The van der Waals surface area contributed by atoms with E-state index in [2.05, 4.69) is 0 Å². The van der Waals surface area contributed by atoms with Gasteiger partial charge in [0.1, 0.15) is 0 Å². The lowest BCUT2D eigenvalue weighted by molar-refractivity contribution is -0.560. The van der Waals surface area contributed by atoms with Gasteiger partial charge >= 0.3 is 0 Å². The Labute approximate surface area is 87.8 Å². The standard InChI is InChI=1S/C10H12ClNO2/c1-10(2,12(13)14)7-8-3-5-9(11)6-4-8/h3-6H,7H2,1-2H3. The van der Waals surface area contributed by atoms with Crippen LogP contribution in [0, 0.1) is 10.1 Å². The normalized spacial score (nSPS) is 11.4. The lowest BCUT2D eigenvalue weighted by Gasteiger charge is -2.15. The molecule has 0 fully saturated rings. The maximum atomic E-state index is 10.7. The Kier molecular flexibility index (Phi) is 3.11. The fourth-order valence-electron chi connectivity index (χ4n) is 1.17. The summed E-state index contributed by atoms with van der Waals surface area (Å²) >= 11 is 5.71. The molecule has 0 radical (unpaired) electrons. The molecule has 4 heteroatoms. The quantitative estimate of drug-likeness (QED) is 0.572. The van der Waals surface area contributed by atoms with Crippen molar-refractivity contribution in [2.45, 2.75) is 25.8 Å². The van der Waals surface area contributed by atoms with E-state index in [-0.39, 0.29) is 4.92 Å². The minimum absolute atomic E-state index is 0.262. The van der Waals surface area contributed by atoms with Crippen LogP contribution in [0.15, 0.2) is 24.3 Å². The molecule has 0 spiro atoms. The summed E-state index contributed by atoms with van der Waals surface area (Å²) in [6.45, 7) is 3.23. The molecule has 0 atom stereocenters. The number of benzene rings is 1. The SMILES string of the molecule is CC(C)(Cc1ccc(Cl)cc1)[N+](=O)[O-]. The molecule has 76 valence electrons. The Morgan fingerprint density at radius 1 is 1.36 bits per heavy atom. The molecule has 14 heavy (non-hydrogen) atoms. The van der Waals surface area contributed by atoms with E-state index in [9.17, 15) is 10.1 Å². The Morgan fingerprint density at radius 2 is 1.86 bits per heavy atom. The van der Waals surface area contributed by atoms with Crippen LogP contribution in [0.4, 0.5) is 0 Å². The lowest BCUT2D eigenvalue weighted by atomic mass is 9.96. The second-order valence-electron chi connectivity index (χ2n) is 3.87. The van der Waals surface area contributed by atoms with E-state index < -0.39 is 5.54 Å². The Bertz CT molecular complexity index is 332. The number of hydrogen-bond acceptors (Lipinski definition) is 2. The summed E-state index contributed by atoms with van der Waals surface area (Å²) < 4.78 is 0. The molecule has 0 aliphatic rings. The number of nitro groups is 1. The van der Waals surface area contributed by atoms with Crippen molar-refractivity contribution >= 4 is 11.6 Å². The summed E-state index contributed by atoms with van der Waals surface area (Å²) in [7, 11) is 0. The first-order chi connectivity index (χ1) is 6.42. The van der Waals surface area contributed by atoms with E-state index in [1.807, 2.05) is 12.1 Å². The highest BCUT2D eigenvalue weighted by molar-refractivity contribution is 6.30. The van der Waals surface area contributed by atoms with Gasteiger partial charge in [0.2, 0.25) is 5.54 Å². The Balaban J connectivity index is 2.79. The summed E-state index contributed by atoms with van der Waals surface area (Å²) in [6.07, 6.45) is 0.414. The summed E-state index contributed by atoms with van der Waals surface area (Å²) in [4.78, 5) is 10.4. The van der Waals surface area contributed by atoms with Crippen molar-refractivity contribution in [2.24, 2.45) is 0 Å². The van der Waals surface area contributed by atoms with Crippen molar-refractivity contribution in [2.75, 3.05) is 0 Å². The van der Waals surface area contributed by atoms with Crippen LogP contribution in [0.2, 0.25) is 5.02 Å². The van der Waals surface area contributed by atoms with Gasteiger partial charge in [-0.2, -0.15) is 0 Å². The van der Waals surface area contributed by atoms with Crippen molar-refractivity contribution in [3.8, 4) is 0 Å². The molecule has 3 nitrogen and oxygen atoms in total. The summed E-state index contributed by atoms with van der Waals surface area (Å²) in [6, 6.07) is 7.11. The smallest absolute Gasteiger partial charge is 0.220 e. The lowest BCUT2D eigenvalue weighted by Crippen LogP contribution is -2.33. The van der Waals surface area contributed by atoms with E-state index in [1.54, 1.807) is 26.0 Å². The average molecular weight is 214 g/mol. The van der Waals surface area contributed by atoms with E-state index >= 15 is 0 Å². The first kappa shape index (κ1) is 11.0. The molecule has 1 rings (SSSR count). The van der Waals surface area contributed by atoms with Crippen molar-refractivity contribution in [3.05, 3.63) is 45.0 Å². The van der Waals surface area contributed by atoms with E-state index in [4.69, 9.17) is 11.6 Å². The van der Waals surface area contributed by atoms with Crippen molar-refractivity contribution in [1.82, 2.24) is 0 Å². The molecule has 0 N–H and O–H groups in total. The fraction of sp³-hybridized carbons (Fsp3) is 0.400. The van der Waals surface area contributed by atoms with E-state index in [0.717, 1.165) is 5.56 Å². The maximum absolute atomic E-state index is 10.7. The van der Waals surface area contributed by atoms with E-state index in [1.165, 1.54) is 0 Å². The first-order valence-electron chi connectivity index (χ1n) is 4.31. The summed E-state index contributed by atoms with van der Waals surface area (Å²) in [5, 5.41) is 11.3. The summed E-state index contributed by atoms with van der Waals surface area (Å²) in [5.74, 6) is 0. The molecule has 0 aliphatic heterocycles. The molecular weight excluding hydrogens is 202 g/mol. The predicted molar refractivity (Wildman–Crippen MR) is 56.2 cm³/mol. The van der Waals surface area contributed by atoms with Gasteiger partial charge in [0, 0.05) is 30.2 Å². The van der Waals surface area contributed by atoms with Gasteiger partial charge in [-0.1, -0.05) is 23.7 Å². The van der Waals surface area contributed by atoms with Crippen LogP contribution in [0.25, 0.3) is 0 Å². The average Bonchev–Trinajstić information content (AvgIpc) is 2.08. The molecule has 0 saturated heterocycles. The highest BCUT2D eigenvalue weighted by atomic mass is 35.5. The van der Waals surface area contributed by atoms with Gasteiger partial charge in [0.15, 0.2) is 0 Å². The minimum Gasteiger partial charge on any atom is -0.264 e. The summed E-state index contributed by atoms with van der Waals surface area (Å²) in [5.41, 5.74) is 0.00416. The van der Waals surface area contributed by atoms with Crippen LogP contribution >= 0.6 is 11.6 Å². The monoisotopic (exact) mass is 213 g/mol. The predicted octanol–water partition coefficient (Wildman–Crippen LogP) is 2.94. The second-order valence-corrected chi connectivity index (χ2v) is 4.31. The molecule has 0 amide bonds. The third-order valence-corrected chi connectivity index (χ3v) is 2.30. The van der Waals surface area contributed by atoms with Crippen LogP contribution in [-0.4, -0.2) is 10.5 Å². The number of rotatable bonds is 3. The van der Waals surface area contributed by atoms with Gasteiger partial charge in [-0.25, -0.2) is 0 Å². The third-order valence-electron chi connectivity index (χ3n) is 2.04. The van der Waals surface area contributed by atoms with Gasteiger partial charge in [-0.3, -0.25) is 10.1 Å². The highest BCUT2D eigenvalue weighted by Crippen LogP contribution is 2.17. The van der Waals surface area contributed by atoms with Crippen LogP contribution in [0.3, 0.4) is 0 Å². The molecular formula is C10H12ClNO2. The molecule has 1 aromatic carbocycles. The van der Waals surface area contributed by atoms with E-state index in [0.29, 0.717) is 11.4 Å². The maximum Gasteiger partial charge on any atom is 0.220 e. The molecule has 1 aromatic rings. The van der Waals surface area contributed by atoms with Crippen molar-refractivity contribution in [1.29, 1.82) is 0 Å². The molecule has 0 bridgehead atoms. The molecule has 0 saturated carbocycles. The van der Waals surface area contributed by atoms with Crippen LogP contribution < -0.4 is 0 Å². The minimum atomic E-state index is -0.923. The number of nitrogens with zero attached hydrogens (tertiary/aromatic N) is 1. The van der Waals surface area contributed by atoms with Gasteiger partial charge in [-0.15, -0.1) is 0 Å². The van der Waals surface area contributed by atoms with Crippen molar-refractivity contribution < 1.29 is 4.92 Å². The van der Waals surface area contributed by atoms with Gasteiger partial charge in [0.25, 0.3) is 0 Å². The fourth-order valence-corrected chi connectivity index (χ4v) is 1.29. The van der Waals surface area contributed by atoms with Crippen LogP contribution in [-0.2, 0) is 6.42 Å². The van der Waals surface area contributed by atoms with Crippen LogP contribution in [0.5, 0.6) is 0 Å². The largest absolute Gasteiger partial charge is 0.264 e. The number of hydrogen-bond donors (Lipinski definition) is 0. The Hall–Kier alpha value is -1.09. The Morgan fingerprint density at radius 3 is 2.29 bits per heavy atom. The first-order valence-corrected chi connectivity index (χ1v) is 4.68. The molecule has 0 aliphatic carbocycles. The topological polar surface area (TPSA) is 43.1 Å². The highest BCUT2D eigenvalue weighted by Gasteiger charge is 2.30. The van der Waals surface area contributed by atoms with Crippen LogP contribution in [0.1, 0.15) is 19.4 Å².